The summed E-state index contributed by atoms with van der Waals surface area (Å²) in [6.07, 6.45) is 0. The van der Waals surface area contributed by atoms with Gasteiger partial charge < -0.3 is 10.5 Å². The van der Waals surface area contributed by atoms with Crippen LogP contribution in [0.5, 0.6) is 0 Å². The monoisotopic (exact) mass is 286 g/mol. The lowest BCUT2D eigenvalue weighted by Gasteiger charge is -2.13. The highest BCUT2D eigenvalue weighted by atomic mass is 32.2. The van der Waals surface area contributed by atoms with Gasteiger partial charge in [0, 0.05) is 12.6 Å². The molecule has 0 amide bonds. The molecule has 0 bridgehead atoms. The zero-order valence-corrected chi connectivity index (χ0v) is 12.0. The predicted octanol–water partition coefficient (Wildman–Crippen LogP) is 0.407. The summed E-state index contributed by atoms with van der Waals surface area (Å²) in [6.45, 7) is 3.56. The van der Waals surface area contributed by atoms with Gasteiger partial charge >= 0.3 is 5.97 Å². The van der Waals surface area contributed by atoms with Crippen molar-refractivity contribution in [2.45, 2.75) is 24.8 Å². The molecule has 1 rings (SSSR count). The Morgan fingerprint density at radius 3 is 2.63 bits per heavy atom. The highest BCUT2D eigenvalue weighted by Crippen LogP contribution is 2.16. The standard InChI is InChI=1S/C12H18N2O4S/c1-8-4-5-10(6-11(8)12(15)18-3)19(16,17)14-9(2)7-13/h4-6,9,14H,7,13H2,1-3H3/t9-/m0/s1. The molecule has 0 heterocycles. The number of hydrogen-bond acceptors (Lipinski definition) is 5. The Bertz CT molecular complexity index is 569. The average molecular weight is 286 g/mol. The van der Waals surface area contributed by atoms with Crippen LogP contribution in [0, 0.1) is 6.92 Å². The number of nitrogens with two attached hydrogens (primary N) is 1. The third-order valence-corrected chi connectivity index (χ3v) is 4.22. The Morgan fingerprint density at radius 1 is 1.47 bits per heavy atom. The lowest BCUT2D eigenvalue weighted by atomic mass is 10.1. The van der Waals surface area contributed by atoms with Gasteiger partial charge in [-0.3, -0.25) is 0 Å². The van der Waals surface area contributed by atoms with Crippen molar-refractivity contribution in [1.29, 1.82) is 0 Å². The van der Waals surface area contributed by atoms with E-state index < -0.39 is 16.0 Å². The van der Waals surface area contributed by atoms with Crippen LogP contribution in [0.15, 0.2) is 23.1 Å². The third-order valence-electron chi connectivity index (χ3n) is 2.63. The van der Waals surface area contributed by atoms with Gasteiger partial charge in [-0.05, 0) is 31.5 Å². The number of rotatable bonds is 5. The molecule has 0 aliphatic carbocycles. The second-order valence-electron chi connectivity index (χ2n) is 4.23. The summed E-state index contributed by atoms with van der Waals surface area (Å²) in [5.41, 5.74) is 6.26. The van der Waals surface area contributed by atoms with Crippen LogP contribution in [0.3, 0.4) is 0 Å². The molecule has 0 aromatic heterocycles. The molecule has 1 aromatic carbocycles. The van der Waals surface area contributed by atoms with Gasteiger partial charge in [0.1, 0.15) is 0 Å². The number of hydrogen-bond donors (Lipinski definition) is 2. The van der Waals surface area contributed by atoms with E-state index in [0.29, 0.717) is 5.56 Å². The van der Waals surface area contributed by atoms with Crippen molar-refractivity contribution < 1.29 is 17.9 Å². The fourth-order valence-electron chi connectivity index (χ4n) is 1.48. The number of methoxy groups -OCH3 is 1. The quantitative estimate of drug-likeness (QED) is 0.764. The third kappa shape index (κ3) is 3.76. The molecule has 1 atom stereocenters. The number of carbonyl (C=O) groups is 1. The van der Waals surface area contributed by atoms with E-state index in [-0.39, 0.29) is 23.0 Å². The van der Waals surface area contributed by atoms with E-state index in [0.717, 1.165) is 0 Å². The van der Waals surface area contributed by atoms with Gasteiger partial charge in [-0.25, -0.2) is 17.9 Å². The van der Waals surface area contributed by atoms with Crippen LogP contribution in [-0.2, 0) is 14.8 Å². The summed E-state index contributed by atoms with van der Waals surface area (Å²) in [6, 6.07) is 3.92. The highest BCUT2D eigenvalue weighted by molar-refractivity contribution is 7.89. The Labute approximate surface area is 113 Å². The van der Waals surface area contributed by atoms with E-state index in [4.69, 9.17) is 5.73 Å². The van der Waals surface area contributed by atoms with Gasteiger partial charge in [0.05, 0.1) is 17.6 Å². The van der Waals surface area contributed by atoms with Crippen molar-refractivity contribution in [3.63, 3.8) is 0 Å². The maximum absolute atomic E-state index is 12.1. The predicted molar refractivity (Wildman–Crippen MR) is 71.4 cm³/mol. The fourth-order valence-corrected chi connectivity index (χ4v) is 2.76. The van der Waals surface area contributed by atoms with E-state index in [1.165, 1.54) is 19.2 Å². The number of nitrogens with one attached hydrogen (secondary N) is 1. The van der Waals surface area contributed by atoms with E-state index in [2.05, 4.69) is 9.46 Å². The molecule has 0 radical (unpaired) electrons. The van der Waals surface area contributed by atoms with Gasteiger partial charge in [-0.2, -0.15) is 0 Å². The highest BCUT2D eigenvalue weighted by Gasteiger charge is 2.19. The molecule has 19 heavy (non-hydrogen) atoms. The molecule has 106 valence electrons. The summed E-state index contributed by atoms with van der Waals surface area (Å²) < 4.78 is 31.1. The molecule has 7 heteroatoms. The molecule has 0 aliphatic rings. The van der Waals surface area contributed by atoms with Crippen molar-refractivity contribution in [1.82, 2.24) is 4.72 Å². The topological polar surface area (TPSA) is 98.5 Å². The van der Waals surface area contributed by atoms with Crippen molar-refractivity contribution in [2.75, 3.05) is 13.7 Å². The van der Waals surface area contributed by atoms with E-state index in [1.54, 1.807) is 19.9 Å². The fraction of sp³-hybridized carbons (Fsp3) is 0.417. The maximum atomic E-state index is 12.1. The summed E-state index contributed by atoms with van der Waals surface area (Å²) in [5, 5.41) is 0. The second-order valence-corrected chi connectivity index (χ2v) is 5.94. The molecule has 0 unspecified atom stereocenters. The maximum Gasteiger partial charge on any atom is 0.338 e. The van der Waals surface area contributed by atoms with Crippen LogP contribution in [0.4, 0.5) is 0 Å². The van der Waals surface area contributed by atoms with Crippen LogP contribution in [0.2, 0.25) is 0 Å². The lowest BCUT2D eigenvalue weighted by molar-refractivity contribution is 0.0599. The van der Waals surface area contributed by atoms with Crippen molar-refractivity contribution in [2.24, 2.45) is 5.73 Å². The first-order valence-electron chi connectivity index (χ1n) is 5.73. The minimum atomic E-state index is -3.69. The Morgan fingerprint density at radius 2 is 2.11 bits per heavy atom. The summed E-state index contributed by atoms with van der Waals surface area (Å²) >= 11 is 0. The van der Waals surface area contributed by atoms with Crippen LogP contribution >= 0.6 is 0 Å². The summed E-state index contributed by atoms with van der Waals surface area (Å²) in [5.74, 6) is -0.568. The second kappa shape index (κ2) is 6.14. The molecular formula is C12H18N2O4S. The molecule has 0 saturated heterocycles. The molecular weight excluding hydrogens is 268 g/mol. The van der Waals surface area contributed by atoms with Crippen LogP contribution in [-0.4, -0.2) is 34.1 Å². The normalized spacial score (nSPS) is 13.1. The zero-order chi connectivity index (χ0) is 14.6. The Hall–Kier alpha value is -1.44. The van der Waals surface area contributed by atoms with Gasteiger partial charge in [-0.1, -0.05) is 6.07 Å². The SMILES string of the molecule is COC(=O)c1cc(S(=O)(=O)N[C@@H](C)CN)ccc1C. The minimum absolute atomic E-state index is 0.0128. The van der Waals surface area contributed by atoms with E-state index in [1.807, 2.05) is 0 Å². The first kappa shape index (κ1) is 15.6. The smallest absolute Gasteiger partial charge is 0.338 e. The molecule has 0 spiro atoms. The van der Waals surface area contributed by atoms with E-state index in [9.17, 15) is 13.2 Å². The largest absolute Gasteiger partial charge is 0.465 e. The van der Waals surface area contributed by atoms with Crippen LogP contribution in [0.25, 0.3) is 0 Å². The summed E-state index contributed by atoms with van der Waals surface area (Å²) in [7, 11) is -2.44. The van der Waals surface area contributed by atoms with Crippen molar-refractivity contribution in [3.05, 3.63) is 29.3 Å². The number of ether oxygens (including phenoxy) is 1. The number of benzene rings is 1. The van der Waals surface area contributed by atoms with Gasteiger partial charge in [-0.15, -0.1) is 0 Å². The molecule has 3 N–H and O–H groups in total. The molecule has 1 aromatic rings. The number of esters is 1. The molecule has 6 nitrogen and oxygen atoms in total. The first-order valence-corrected chi connectivity index (χ1v) is 7.21. The Kier molecular flexibility index (Phi) is 5.04. The summed E-state index contributed by atoms with van der Waals surface area (Å²) in [4.78, 5) is 11.5. The van der Waals surface area contributed by atoms with Gasteiger partial charge in [0.2, 0.25) is 10.0 Å². The number of aryl methyl sites for hydroxylation is 1. The first-order chi connectivity index (χ1) is 8.81. The molecule has 0 saturated carbocycles. The Balaban J connectivity index is 3.18. The van der Waals surface area contributed by atoms with Crippen molar-refractivity contribution >= 4 is 16.0 Å². The van der Waals surface area contributed by atoms with Gasteiger partial charge in [0.15, 0.2) is 0 Å². The number of carbonyl (C=O) groups excluding carboxylic acids is 1. The van der Waals surface area contributed by atoms with Crippen molar-refractivity contribution in [3.8, 4) is 0 Å². The molecule has 0 fully saturated rings. The van der Waals surface area contributed by atoms with Gasteiger partial charge in [0.25, 0.3) is 0 Å². The molecule has 0 aliphatic heterocycles. The van der Waals surface area contributed by atoms with E-state index >= 15 is 0 Å². The number of sulfonamides is 1. The van der Waals surface area contributed by atoms with Crippen LogP contribution in [0.1, 0.15) is 22.8 Å². The average Bonchev–Trinajstić information content (AvgIpc) is 2.37. The lowest BCUT2D eigenvalue weighted by Crippen LogP contribution is -2.37. The minimum Gasteiger partial charge on any atom is -0.465 e. The van der Waals surface area contributed by atoms with Crippen LogP contribution < -0.4 is 10.5 Å². The zero-order valence-electron chi connectivity index (χ0n) is 11.1.